The molecule has 0 saturated carbocycles. The summed E-state index contributed by atoms with van der Waals surface area (Å²) in [6.45, 7) is 2.12. The van der Waals surface area contributed by atoms with E-state index in [0.29, 0.717) is 13.2 Å². The average molecular weight is 326 g/mol. The topological polar surface area (TPSA) is 44.5 Å². The van der Waals surface area contributed by atoms with Gasteiger partial charge in [0.2, 0.25) is 0 Å². The fraction of sp³-hybridized carbons (Fsp3) is 0.467. The zero-order valence-electron chi connectivity index (χ0n) is 11.2. The van der Waals surface area contributed by atoms with Crippen LogP contribution in [0.25, 0.3) is 6.08 Å². The maximum atomic E-state index is 5.74. The molecule has 2 rings (SSSR count). The van der Waals surface area contributed by atoms with Crippen molar-refractivity contribution in [1.82, 2.24) is 0 Å². The highest BCUT2D eigenvalue weighted by molar-refractivity contribution is 9.10. The van der Waals surface area contributed by atoms with Gasteiger partial charge in [-0.25, -0.2) is 0 Å². The Balaban J connectivity index is 2.28. The Kier molecular flexibility index (Phi) is 5.43. The minimum atomic E-state index is 0.640. The van der Waals surface area contributed by atoms with Crippen molar-refractivity contribution >= 4 is 22.0 Å². The van der Waals surface area contributed by atoms with Crippen LogP contribution in [0, 0.1) is 0 Å². The number of benzene rings is 1. The van der Waals surface area contributed by atoms with Crippen LogP contribution in [0.5, 0.6) is 5.75 Å². The van der Waals surface area contributed by atoms with Gasteiger partial charge in [0.15, 0.2) is 0 Å². The molecule has 1 aromatic rings. The van der Waals surface area contributed by atoms with Crippen LogP contribution in [0.4, 0.5) is 0 Å². The van der Waals surface area contributed by atoms with Gasteiger partial charge in [-0.15, -0.1) is 0 Å². The van der Waals surface area contributed by atoms with Gasteiger partial charge in [0, 0.05) is 23.6 Å². The number of hydrogen-bond acceptors (Lipinski definition) is 3. The molecule has 0 saturated heterocycles. The maximum Gasteiger partial charge on any atom is 0.129 e. The number of halogens is 1. The molecular weight excluding hydrogens is 306 g/mol. The molecule has 0 amide bonds. The first-order valence-electron chi connectivity index (χ1n) is 6.58. The second-order valence-corrected chi connectivity index (χ2v) is 5.63. The lowest BCUT2D eigenvalue weighted by Crippen LogP contribution is -2.02. The quantitative estimate of drug-likeness (QED) is 0.873. The van der Waals surface area contributed by atoms with Gasteiger partial charge in [0.25, 0.3) is 0 Å². The van der Waals surface area contributed by atoms with Crippen molar-refractivity contribution in [1.29, 1.82) is 0 Å². The molecule has 19 heavy (non-hydrogen) atoms. The summed E-state index contributed by atoms with van der Waals surface area (Å²) in [5.74, 6) is 1.02. The van der Waals surface area contributed by atoms with E-state index in [0.717, 1.165) is 41.7 Å². The van der Waals surface area contributed by atoms with Crippen LogP contribution in [0.15, 0.2) is 22.2 Å². The third-order valence-electron chi connectivity index (χ3n) is 3.17. The summed E-state index contributed by atoms with van der Waals surface area (Å²) in [6.07, 6.45) is 5.10. The molecule has 1 heterocycles. The first-order valence-corrected chi connectivity index (χ1v) is 7.37. The van der Waals surface area contributed by atoms with Gasteiger partial charge in [-0.3, -0.25) is 0 Å². The minimum absolute atomic E-state index is 0.640. The zero-order chi connectivity index (χ0) is 13.7. The summed E-state index contributed by atoms with van der Waals surface area (Å²) >= 11 is 3.56. The van der Waals surface area contributed by atoms with E-state index in [2.05, 4.69) is 34.1 Å². The van der Waals surface area contributed by atoms with Crippen LogP contribution in [0.1, 0.15) is 24.0 Å². The molecule has 0 aromatic heterocycles. The minimum Gasteiger partial charge on any atom is -0.492 e. The summed E-state index contributed by atoms with van der Waals surface area (Å²) in [7, 11) is 1.72. The van der Waals surface area contributed by atoms with Gasteiger partial charge >= 0.3 is 0 Å². The standard InChI is InChI=1S/C15H20BrNO2/c1-18-10-11(3-2-5-17)7-13-9-14(16)8-12-4-6-19-15(12)13/h7-9H,2-6,10,17H2,1H3/b11-7+. The Morgan fingerprint density at radius 1 is 1.53 bits per heavy atom. The highest BCUT2D eigenvalue weighted by Crippen LogP contribution is 2.34. The highest BCUT2D eigenvalue weighted by Gasteiger charge is 2.16. The molecule has 4 heteroatoms. The molecule has 3 nitrogen and oxygen atoms in total. The predicted octanol–water partition coefficient (Wildman–Crippen LogP) is 3.15. The first kappa shape index (κ1) is 14.6. The lowest BCUT2D eigenvalue weighted by molar-refractivity contribution is 0.223. The Bertz CT molecular complexity index is 471. The van der Waals surface area contributed by atoms with Crippen LogP contribution in [-0.4, -0.2) is 26.9 Å². The normalized spacial score (nSPS) is 14.4. The Morgan fingerprint density at radius 3 is 3.11 bits per heavy atom. The van der Waals surface area contributed by atoms with E-state index in [1.165, 1.54) is 11.1 Å². The van der Waals surface area contributed by atoms with Gasteiger partial charge in [-0.05, 0) is 48.7 Å². The van der Waals surface area contributed by atoms with Gasteiger partial charge in [0.05, 0.1) is 13.2 Å². The molecule has 0 atom stereocenters. The Labute approximate surface area is 122 Å². The third-order valence-corrected chi connectivity index (χ3v) is 3.63. The maximum absolute atomic E-state index is 5.74. The van der Waals surface area contributed by atoms with Crippen molar-refractivity contribution in [3.63, 3.8) is 0 Å². The molecule has 104 valence electrons. The number of rotatable bonds is 6. The number of fused-ring (bicyclic) bond motifs is 1. The van der Waals surface area contributed by atoms with E-state index in [1.54, 1.807) is 7.11 Å². The number of ether oxygens (including phenoxy) is 2. The van der Waals surface area contributed by atoms with E-state index < -0.39 is 0 Å². The fourth-order valence-corrected chi connectivity index (χ4v) is 2.85. The van der Waals surface area contributed by atoms with Gasteiger partial charge in [-0.1, -0.05) is 15.9 Å². The molecule has 1 aromatic carbocycles. The molecule has 0 radical (unpaired) electrons. The molecule has 1 aliphatic rings. The van der Waals surface area contributed by atoms with Crippen molar-refractivity contribution in [2.45, 2.75) is 19.3 Å². The summed E-state index contributed by atoms with van der Waals surface area (Å²) in [5, 5.41) is 0. The van der Waals surface area contributed by atoms with E-state index in [4.69, 9.17) is 15.2 Å². The number of nitrogens with two attached hydrogens (primary N) is 1. The molecule has 0 bridgehead atoms. The summed E-state index contributed by atoms with van der Waals surface area (Å²) in [6, 6.07) is 4.23. The van der Waals surface area contributed by atoms with Crippen LogP contribution >= 0.6 is 15.9 Å². The average Bonchev–Trinajstić information content (AvgIpc) is 2.84. The van der Waals surface area contributed by atoms with E-state index in [9.17, 15) is 0 Å². The fourth-order valence-electron chi connectivity index (χ4n) is 2.33. The lowest BCUT2D eigenvalue weighted by atomic mass is 10.0. The molecule has 1 aliphatic heterocycles. The van der Waals surface area contributed by atoms with Crippen molar-refractivity contribution in [3.05, 3.63) is 33.3 Å². The summed E-state index contributed by atoms with van der Waals surface area (Å²) in [5.41, 5.74) is 9.24. The molecule has 0 spiro atoms. The van der Waals surface area contributed by atoms with Crippen molar-refractivity contribution in [2.75, 3.05) is 26.9 Å². The predicted molar refractivity (Wildman–Crippen MR) is 81.5 cm³/mol. The SMILES string of the molecule is COC/C(=C/c1cc(Br)cc2c1OCC2)CCCN. The summed E-state index contributed by atoms with van der Waals surface area (Å²) < 4.78 is 12.1. The van der Waals surface area contributed by atoms with Crippen molar-refractivity contribution in [2.24, 2.45) is 5.73 Å². The van der Waals surface area contributed by atoms with Crippen LogP contribution < -0.4 is 10.5 Å². The van der Waals surface area contributed by atoms with Gasteiger partial charge in [0.1, 0.15) is 5.75 Å². The first-order chi connectivity index (χ1) is 9.24. The molecular formula is C15H20BrNO2. The van der Waals surface area contributed by atoms with Gasteiger partial charge in [-0.2, -0.15) is 0 Å². The van der Waals surface area contributed by atoms with Crippen LogP contribution in [0.3, 0.4) is 0 Å². The van der Waals surface area contributed by atoms with E-state index >= 15 is 0 Å². The third kappa shape index (κ3) is 3.81. The molecule has 0 aliphatic carbocycles. The van der Waals surface area contributed by atoms with E-state index in [-0.39, 0.29) is 0 Å². The smallest absolute Gasteiger partial charge is 0.129 e. The molecule has 2 N–H and O–H groups in total. The zero-order valence-corrected chi connectivity index (χ0v) is 12.8. The molecule has 0 fully saturated rings. The van der Waals surface area contributed by atoms with Crippen molar-refractivity contribution < 1.29 is 9.47 Å². The number of hydrogen-bond donors (Lipinski definition) is 1. The second kappa shape index (κ2) is 7.08. The summed E-state index contributed by atoms with van der Waals surface area (Å²) in [4.78, 5) is 0. The monoisotopic (exact) mass is 325 g/mol. The lowest BCUT2D eigenvalue weighted by Gasteiger charge is -2.09. The largest absolute Gasteiger partial charge is 0.492 e. The highest BCUT2D eigenvalue weighted by atomic mass is 79.9. The Hall–Kier alpha value is -0.840. The van der Waals surface area contributed by atoms with Crippen LogP contribution in [-0.2, 0) is 11.2 Å². The van der Waals surface area contributed by atoms with E-state index in [1.807, 2.05) is 0 Å². The molecule has 0 unspecified atom stereocenters. The number of methoxy groups -OCH3 is 1. The Morgan fingerprint density at radius 2 is 2.37 bits per heavy atom. The van der Waals surface area contributed by atoms with Crippen LogP contribution in [0.2, 0.25) is 0 Å². The second-order valence-electron chi connectivity index (χ2n) is 4.71. The van der Waals surface area contributed by atoms with Crippen molar-refractivity contribution in [3.8, 4) is 5.75 Å². The van der Waals surface area contributed by atoms with Gasteiger partial charge < -0.3 is 15.2 Å².